The van der Waals surface area contributed by atoms with Crippen molar-refractivity contribution in [1.82, 2.24) is 4.98 Å². The molecule has 3 aromatic rings. The number of nitrogens with zero attached hydrogens (tertiary/aromatic N) is 1. The smallest absolute Gasteiger partial charge is 0.0712 e. The predicted molar refractivity (Wildman–Crippen MR) is 81.3 cm³/mol. The van der Waals surface area contributed by atoms with E-state index >= 15 is 0 Å². The molecule has 94 valence electrons. The average Bonchev–Trinajstić information content (AvgIpc) is 2.47. The number of hydrogen-bond acceptors (Lipinski definition) is 1. The summed E-state index contributed by atoms with van der Waals surface area (Å²) in [4.78, 5) is 4.78. The number of rotatable bonds is 2. The number of pyridine rings is 1. The summed E-state index contributed by atoms with van der Waals surface area (Å²) in [5.74, 6) is 0. The molecule has 0 unspecified atom stereocenters. The quantitative estimate of drug-likeness (QED) is 0.635. The van der Waals surface area contributed by atoms with Gasteiger partial charge in [0, 0.05) is 10.9 Å². The lowest BCUT2D eigenvalue weighted by Crippen LogP contribution is -1.92. The second-order valence-corrected chi connectivity index (χ2v) is 4.83. The van der Waals surface area contributed by atoms with Crippen molar-refractivity contribution < 1.29 is 0 Å². The van der Waals surface area contributed by atoms with E-state index in [0.717, 1.165) is 17.6 Å². The van der Waals surface area contributed by atoms with E-state index in [0.29, 0.717) is 0 Å². The minimum atomic E-state index is 1.06. The van der Waals surface area contributed by atoms with Gasteiger partial charge in [-0.25, -0.2) is 4.98 Å². The number of aryl methyl sites for hydroxylation is 1. The standard InChI is InChI=1S/C18H17N/c1-3-14-8-6-9-16(13(14)2)18-12-11-15-7-4-5-10-17(15)19-18/h4-12H,3H2,1-2H3. The number of para-hydroxylation sites is 1. The second-order valence-electron chi connectivity index (χ2n) is 4.83. The molecule has 0 radical (unpaired) electrons. The molecule has 0 aliphatic carbocycles. The van der Waals surface area contributed by atoms with Crippen LogP contribution in [0.5, 0.6) is 0 Å². The average molecular weight is 247 g/mol. The zero-order valence-electron chi connectivity index (χ0n) is 11.4. The lowest BCUT2D eigenvalue weighted by Gasteiger charge is -2.10. The Morgan fingerprint density at radius 1 is 0.895 bits per heavy atom. The molecular formula is C18H17N. The van der Waals surface area contributed by atoms with Crippen LogP contribution in [0.4, 0.5) is 0 Å². The Morgan fingerprint density at radius 2 is 1.74 bits per heavy atom. The summed E-state index contributed by atoms with van der Waals surface area (Å²) in [5.41, 5.74) is 6.10. The van der Waals surface area contributed by atoms with Crippen LogP contribution >= 0.6 is 0 Å². The molecule has 0 spiro atoms. The minimum Gasteiger partial charge on any atom is -0.248 e. The highest BCUT2D eigenvalue weighted by atomic mass is 14.7. The highest BCUT2D eigenvalue weighted by molar-refractivity contribution is 5.82. The van der Waals surface area contributed by atoms with Gasteiger partial charge in [0.2, 0.25) is 0 Å². The topological polar surface area (TPSA) is 12.9 Å². The Morgan fingerprint density at radius 3 is 2.58 bits per heavy atom. The highest BCUT2D eigenvalue weighted by Crippen LogP contribution is 2.26. The second kappa shape index (κ2) is 4.85. The Balaban J connectivity index is 2.19. The Labute approximate surface area is 113 Å². The van der Waals surface area contributed by atoms with Gasteiger partial charge in [0.1, 0.15) is 0 Å². The third-order valence-corrected chi connectivity index (χ3v) is 3.70. The van der Waals surface area contributed by atoms with Crippen molar-refractivity contribution in [3.63, 3.8) is 0 Å². The molecule has 1 aromatic heterocycles. The molecule has 19 heavy (non-hydrogen) atoms. The van der Waals surface area contributed by atoms with Crippen molar-refractivity contribution in [2.75, 3.05) is 0 Å². The molecule has 0 atom stereocenters. The lowest BCUT2D eigenvalue weighted by atomic mass is 9.98. The van der Waals surface area contributed by atoms with E-state index in [9.17, 15) is 0 Å². The molecule has 0 saturated carbocycles. The molecular weight excluding hydrogens is 230 g/mol. The first-order valence-corrected chi connectivity index (χ1v) is 6.74. The van der Waals surface area contributed by atoms with E-state index in [1.54, 1.807) is 0 Å². The van der Waals surface area contributed by atoms with Crippen molar-refractivity contribution in [3.05, 3.63) is 65.7 Å². The Kier molecular flexibility index (Phi) is 3.04. The van der Waals surface area contributed by atoms with Crippen molar-refractivity contribution in [2.24, 2.45) is 0 Å². The van der Waals surface area contributed by atoms with Crippen LogP contribution in [0.2, 0.25) is 0 Å². The van der Waals surface area contributed by atoms with Crippen molar-refractivity contribution >= 4 is 10.9 Å². The van der Waals surface area contributed by atoms with Crippen LogP contribution in [0.25, 0.3) is 22.2 Å². The van der Waals surface area contributed by atoms with Crippen LogP contribution in [0.1, 0.15) is 18.1 Å². The highest BCUT2D eigenvalue weighted by Gasteiger charge is 2.06. The van der Waals surface area contributed by atoms with Gasteiger partial charge in [0.05, 0.1) is 11.2 Å². The summed E-state index contributed by atoms with van der Waals surface area (Å²) in [6.07, 6.45) is 1.06. The van der Waals surface area contributed by atoms with Gasteiger partial charge in [-0.3, -0.25) is 0 Å². The van der Waals surface area contributed by atoms with Crippen LogP contribution in [-0.4, -0.2) is 4.98 Å². The van der Waals surface area contributed by atoms with Crippen molar-refractivity contribution in [2.45, 2.75) is 20.3 Å². The molecule has 2 aromatic carbocycles. The van der Waals surface area contributed by atoms with Crippen LogP contribution < -0.4 is 0 Å². The Bertz CT molecular complexity index is 729. The fraction of sp³-hybridized carbons (Fsp3) is 0.167. The van der Waals surface area contributed by atoms with Crippen LogP contribution in [0, 0.1) is 6.92 Å². The molecule has 1 heteroatoms. The van der Waals surface area contributed by atoms with E-state index in [-0.39, 0.29) is 0 Å². The van der Waals surface area contributed by atoms with Gasteiger partial charge < -0.3 is 0 Å². The maximum Gasteiger partial charge on any atom is 0.0712 e. The normalized spacial score (nSPS) is 10.8. The minimum absolute atomic E-state index is 1.06. The summed E-state index contributed by atoms with van der Waals surface area (Å²) in [6, 6.07) is 19.0. The number of benzene rings is 2. The first-order valence-electron chi connectivity index (χ1n) is 6.74. The van der Waals surface area contributed by atoms with Crippen LogP contribution in [0.3, 0.4) is 0 Å². The SMILES string of the molecule is CCc1cccc(-c2ccc3ccccc3n2)c1C. The van der Waals surface area contributed by atoms with E-state index in [4.69, 9.17) is 4.98 Å². The van der Waals surface area contributed by atoms with E-state index < -0.39 is 0 Å². The fourth-order valence-corrected chi connectivity index (χ4v) is 2.56. The maximum absolute atomic E-state index is 4.78. The molecule has 0 aliphatic heterocycles. The van der Waals surface area contributed by atoms with Gasteiger partial charge >= 0.3 is 0 Å². The number of fused-ring (bicyclic) bond motifs is 1. The summed E-state index contributed by atoms with van der Waals surface area (Å²) in [6.45, 7) is 4.38. The largest absolute Gasteiger partial charge is 0.248 e. The molecule has 0 amide bonds. The molecule has 0 bridgehead atoms. The zero-order valence-corrected chi connectivity index (χ0v) is 11.4. The third kappa shape index (κ3) is 2.12. The summed E-state index contributed by atoms with van der Waals surface area (Å²) in [7, 11) is 0. The van der Waals surface area contributed by atoms with Crippen molar-refractivity contribution in [1.29, 1.82) is 0 Å². The molecule has 0 saturated heterocycles. The molecule has 3 rings (SSSR count). The third-order valence-electron chi connectivity index (χ3n) is 3.70. The summed E-state index contributed by atoms with van der Waals surface area (Å²) >= 11 is 0. The van der Waals surface area contributed by atoms with E-state index in [1.165, 1.54) is 22.1 Å². The van der Waals surface area contributed by atoms with Gasteiger partial charge in [-0.15, -0.1) is 0 Å². The van der Waals surface area contributed by atoms with Gasteiger partial charge in [0.15, 0.2) is 0 Å². The van der Waals surface area contributed by atoms with Gasteiger partial charge in [-0.2, -0.15) is 0 Å². The van der Waals surface area contributed by atoms with Gasteiger partial charge in [0.25, 0.3) is 0 Å². The molecule has 0 fully saturated rings. The summed E-state index contributed by atoms with van der Waals surface area (Å²) in [5, 5.41) is 1.19. The molecule has 0 aliphatic rings. The zero-order chi connectivity index (χ0) is 13.2. The number of aromatic nitrogens is 1. The molecule has 1 heterocycles. The monoisotopic (exact) mass is 247 g/mol. The maximum atomic E-state index is 4.78. The lowest BCUT2D eigenvalue weighted by molar-refractivity contribution is 1.11. The molecule has 1 nitrogen and oxygen atoms in total. The predicted octanol–water partition coefficient (Wildman–Crippen LogP) is 4.77. The van der Waals surface area contributed by atoms with Crippen LogP contribution in [0.15, 0.2) is 54.6 Å². The molecule has 0 N–H and O–H groups in total. The van der Waals surface area contributed by atoms with Crippen LogP contribution in [-0.2, 0) is 6.42 Å². The summed E-state index contributed by atoms with van der Waals surface area (Å²) < 4.78 is 0. The first-order chi connectivity index (χ1) is 9.29. The van der Waals surface area contributed by atoms with Gasteiger partial charge in [-0.1, -0.05) is 49.4 Å². The first kappa shape index (κ1) is 11.9. The fourth-order valence-electron chi connectivity index (χ4n) is 2.56. The number of hydrogen-bond donors (Lipinski definition) is 0. The Hall–Kier alpha value is -2.15. The van der Waals surface area contributed by atoms with Crippen molar-refractivity contribution in [3.8, 4) is 11.3 Å². The van der Waals surface area contributed by atoms with E-state index in [1.807, 2.05) is 12.1 Å². The van der Waals surface area contributed by atoms with Gasteiger partial charge in [-0.05, 0) is 36.6 Å². The van der Waals surface area contributed by atoms with E-state index in [2.05, 4.69) is 56.3 Å².